The van der Waals surface area contributed by atoms with Crippen LogP contribution in [0.15, 0.2) is 34.7 Å². The molecule has 0 aliphatic rings. The Morgan fingerprint density at radius 1 is 1.30 bits per heavy atom. The standard InChI is InChI=1S/C11H8F3N3OS2/c12-11(13,14)20-7-3-1-6(2-4-7)17-10(18)8-9(15)16-5-19-8/h1-5H,15H2,(H,17,18). The Morgan fingerprint density at radius 2 is 1.95 bits per heavy atom. The van der Waals surface area contributed by atoms with Crippen molar-refractivity contribution in [1.82, 2.24) is 4.98 Å². The maximum absolute atomic E-state index is 12.2. The number of halogens is 3. The zero-order valence-corrected chi connectivity index (χ0v) is 11.4. The molecule has 2 aromatic rings. The first-order valence-corrected chi connectivity index (χ1v) is 6.91. The van der Waals surface area contributed by atoms with Crippen molar-refractivity contribution in [2.45, 2.75) is 10.4 Å². The molecule has 0 spiro atoms. The molecule has 9 heteroatoms. The number of alkyl halides is 3. The number of rotatable bonds is 3. The highest BCUT2D eigenvalue weighted by Crippen LogP contribution is 2.37. The third-order valence-corrected chi connectivity index (χ3v) is 3.73. The minimum Gasteiger partial charge on any atom is -0.382 e. The summed E-state index contributed by atoms with van der Waals surface area (Å²) in [5.74, 6) is -0.321. The molecule has 106 valence electrons. The molecule has 0 fully saturated rings. The lowest BCUT2D eigenvalue weighted by Gasteiger charge is -2.07. The Hall–Kier alpha value is -1.74. The molecular formula is C11H8F3N3OS2. The molecule has 2 rings (SSSR count). The first-order valence-electron chi connectivity index (χ1n) is 5.21. The van der Waals surface area contributed by atoms with E-state index >= 15 is 0 Å². The molecular weight excluding hydrogens is 311 g/mol. The lowest BCUT2D eigenvalue weighted by atomic mass is 10.3. The van der Waals surface area contributed by atoms with Crippen molar-refractivity contribution in [1.29, 1.82) is 0 Å². The average molecular weight is 319 g/mol. The van der Waals surface area contributed by atoms with E-state index in [0.29, 0.717) is 5.69 Å². The molecule has 3 N–H and O–H groups in total. The van der Waals surface area contributed by atoms with Crippen LogP contribution in [0.2, 0.25) is 0 Å². The molecule has 1 amide bonds. The average Bonchev–Trinajstić information content (AvgIpc) is 2.76. The minimum absolute atomic E-state index is 0.0489. The van der Waals surface area contributed by atoms with Gasteiger partial charge in [0, 0.05) is 10.6 Å². The van der Waals surface area contributed by atoms with Gasteiger partial charge >= 0.3 is 5.51 Å². The van der Waals surface area contributed by atoms with Crippen molar-refractivity contribution in [2.24, 2.45) is 0 Å². The largest absolute Gasteiger partial charge is 0.446 e. The number of amides is 1. The van der Waals surface area contributed by atoms with Gasteiger partial charge in [-0.25, -0.2) is 4.98 Å². The Kier molecular flexibility index (Phi) is 4.19. The van der Waals surface area contributed by atoms with E-state index < -0.39 is 11.4 Å². The number of hydrogen-bond acceptors (Lipinski definition) is 5. The van der Waals surface area contributed by atoms with Crippen LogP contribution in [0.3, 0.4) is 0 Å². The molecule has 0 saturated heterocycles. The Labute approximate surface area is 120 Å². The van der Waals surface area contributed by atoms with Crippen LogP contribution in [0.1, 0.15) is 9.67 Å². The van der Waals surface area contributed by atoms with E-state index in [0.717, 1.165) is 11.3 Å². The number of hydrogen-bond donors (Lipinski definition) is 2. The Bertz CT molecular complexity index is 610. The summed E-state index contributed by atoms with van der Waals surface area (Å²) in [5, 5.41) is 2.54. The maximum Gasteiger partial charge on any atom is 0.446 e. The van der Waals surface area contributed by atoms with E-state index in [-0.39, 0.29) is 27.4 Å². The molecule has 0 bridgehead atoms. The fraction of sp³-hybridized carbons (Fsp3) is 0.0909. The van der Waals surface area contributed by atoms with Crippen molar-refractivity contribution in [3.63, 3.8) is 0 Å². The zero-order valence-electron chi connectivity index (χ0n) is 9.77. The van der Waals surface area contributed by atoms with Gasteiger partial charge in [-0.05, 0) is 36.0 Å². The summed E-state index contributed by atoms with van der Waals surface area (Å²) >= 11 is 0.875. The molecule has 0 radical (unpaired) electrons. The van der Waals surface area contributed by atoms with Crippen molar-refractivity contribution < 1.29 is 18.0 Å². The van der Waals surface area contributed by atoms with Gasteiger partial charge in [0.15, 0.2) is 0 Å². The number of nitrogen functional groups attached to an aromatic ring is 1. The molecule has 0 unspecified atom stereocenters. The van der Waals surface area contributed by atoms with Gasteiger partial charge < -0.3 is 11.1 Å². The second kappa shape index (κ2) is 5.71. The third kappa shape index (κ3) is 3.87. The number of thioether (sulfide) groups is 1. The second-order valence-electron chi connectivity index (χ2n) is 3.59. The number of carbonyl (C=O) groups is 1. The normalized spacial score (nSPS) is 11.3. The summed E-state index contributed by atoms with van der Waals surface area (Å²) in [6.07, 6.45) is 0. The Balaban J connectivity index is 2.04. The highest BCUT2D eigenvalue weighted by atomic mass is 32.2. The first-order chi connectivity index (χ1) is 9.35. The third-order valence-electron chi connectivity index (χ3n) is 2.15. The van der Waals surface area contributed by atoms with Crippen LogP contribution in [0.4, 0.5) is 24.7 Å². The topological polar surface area (TPSA) is 68.0 Å². The van der Waals surface area contributed by atoms with E-state index in [4.69, 9.17) is 5.73 Å². The molecule has 0 saturated carbocycles. The summed E-state index contributed by atoms with van der Waals surface area (Å²) in [4.78, 5) is 15.9. The van der Waals surface area contributed by atoms with E-state index in [2.05, 4.69) is 10.3 Å². The van der Waals surface area contributed by atoms with Crippen molar-refractivity contribution in [2.75, 3.05) is 11.1 Å². The quantitative estimate of drug-likeness (QED) is 0.848. The van der Waals surface area contributed by atoms with E-state index in [1.165, 1.54) is 29.8 Å². The summed E-state index contributed by atoms with van der Waals surface area (Å²) in [7, 11) is 0. The molecule has 1 aromatic heterocycles. The number of carbonyl (C=O) groups excluding carboxylic acids is 1. The number of thiazole rings is 1. The van der Waals surface area contributed by atoms with Gasteiger partial charge in [0.2, 0.25) is 0 Å². The van der Waals surface area contributed by atoms with Crippen LogP contribution >= 0.6 is 23.1 Å². The molecule has 0 atom stereocenters. The summed E-state index contributed by atoms with van der Waals surface area (Å²) in [6, 6.07) is 5.35. The van der Waals surface area contributed by atoms with E-state index in [1.807, 2.05) is 0 Å². The second-order valence-corrected chi connectivity index (χ2v) is 5.59. The predicted molar refractivity (Wildman–Crippen MR) is 72.8 cm³/mol. The first kappa shape index (κ1) is 14.7. The number of aromatic nitrogens is 1. The maximum atomic E-state index is 12.2. The highest BCUT2D eigenvalue weighted by molar-refractivity contribution is 8.00. The minimum atomic E-state index is -4.33. The summed E-state index contributed by atoms with van der Waals surface area (Å²) in [5.41, 5.74) is 2.99. The van der Waals surface area contributed by atoms with Gasteiger partial charge in [-0.3, -0.25) is 4.79 Å². The predicted octanol–water partition coefficient (Wildman–Crippen LogP) is 3.59. The van der Waals surface area contributed by atoms with Crippen LogP contribution < -0.4 is 11.1 Å². The molecule has 1 aromatic carbocycles. The molecule has 4 nitrogen and oxygen atoms in total. The van der Waals surface area contributed by atoms with Gasteiger partial charge in [0.05, 0.1) is 5.51 Å². The molecule has 1 heterocycles. The fourth-order valence-corrected chi connectivity index (χ4v) is 2.50. The number of benzene rings is 1. The number of nitrogens with two attached hydrogens (primary N) is 1. The fourth-order valence-electron chi connectivity index (χ4n) is 1.35. The van der Waals surface area contributed by atoms with Gasteiger partial charge in [-0.15, -0.1) is 11.3 Å². The molecule has 0 aliphatic heterocycles. The van der Waals surface area contributed by atoms with Crippen LogP contribution in [-0.4, -0.2) is 16.4 Å². The van der Waals surface area contributed by atoms with Gasteiger partial charge in [0.25, 0.3) is 5.91 Å². The van der Waals surface area contributed by atoms with Crippen LogP contribution in [0.25, 0.3) is 0 Å². The summed E-state index contributed by atoms with van der Waals surface area (Å²) in [6.45, 7) is 0. The van der Waals surface area contributed by atoms with Gasteiger partial charge in [0.1, 0.15) is 10.7 Å². The van der Waals surface area contributed by atoms with Crippen molar-refractivity contribution in [3.8, 4) is 0 Å². The van der Waals surface area contributed by atoms with Gasteiger partial charge in [-0.2, -0.15) is 13.2 Å². The smallest absolute Gasteiger partial charge is 0.382 e. The highest BCUT2D eigenvalue weighted by Gasteiger charge is 2.29. The van der Waals surface area contributed by atoms with E-state index in [9.17, 15) is 18.0 Å². The zero-order chi connectivity index (χ0) is 14.8. The lowest BCUT2D eigenvalue weighted by Crippen LogP contribution is -2.12. The number of nitrogens with zero attached hydrogens (tertiary/aromatic N) is 1. The SMILES string of the molecule is Nc1ncsc1C(=O)Nc1ccc(SC(F)(F)F)cc1. The van der Waals surface area contributed by atoms with Crippen LogP contribution in [-0.2, 0) is 0 Å². The van der Waals surface area contributed by atoms with Crippen LogP contribution in [0, 0.1) is 0 Å². The van der Waals surface area contributed by atoms with Crippen LogP contribution in [0.5, 0.6) is 0 Å². The van der Waals surface area contributed by atoms with Crippen molar-refractivity contribution >= 4 is 40.5 Å². The Morgan fingerprint density at radius 3 is 2.45 bits per heavy atom. The molecule has 20 heavy (non-hydrogen) atoms. The van der Waals surface area contributed by atoms with Crippen molar-refractivity contribution in [3.05, 3.63) is 34.7 Å². The monoisotopic (exact) mass is 319 g/mol. The lowest BCUT2D eigenvalue weighted by molar-refractivity contribution is -0.0328. The summed E-state index contributed by atoms with van der Waals surface area (Å²) < 4.78 is 36.5. The van der Waals surface area contributed by atoms with Gasteiger partial charge in [-0.1, -0.05) is 0 Å². The number of nitrogens with one attached hydrogen (secondary N) is 1. The van der Waals surface area contributed by atoms with E-state index in [1.54, 1.807) is 0 Å². The molecule has 0 aliphatic carbocycles. The number of anilines is 2.